The summed E-state index contributed by atoms with van der Waals surface area (Å²) in [6.07, 6.45) is 6.91. The van der Waals surface area contributed by atoms with E-state index < -0.39 is 0 Å². The van der Waals surface area contributed by atoms with E-state index in [0.717, 1.165) is 12.4 Å². The van der Waals surface area contributed by atoms with Gasteiger partial charge in [0.2, 0.25) is 0 Å². The van der Waals surface area contributed by atoms with Crippen molar-refractivity contribution in [2.24, 2.45) is 0 Å². The number of unbranched alkanes of at least 4 members (excludes halogenated alkanes) is 1. The second-order valence-electron chi connectivity index (χ2n) is 4.66. The molecule has 0 aliphatic carbocycles. The van der Waals surface area contributed by atoms with Gasteiger partial charge in [0.15, 0.2) is 0 Å². The SMILES string of the molecule is Nc1ccc(NCCCCN2CCCC2)nc1. The quantitative estimate of drug-likeness (QED) is 0.739. The van der Waals surface area contributed by atoms with Crippen LogP contribution in [0.1, 0.15) is 25.7 Å². The van der Waals surface area contributed by atoms with Crippen molar-refractivity contribution in [3.8, 4) is 0 Å². The molecule has 0 spiro atoms. The van der Waals surface area contributed by atoms with Crippen LogP contribution < -0.4 is 11.1 Å². The summed E-state index contributed by atoms with van der Waals surface area (Å²) in [5.74, 6) is 0.917. The van der Waals surface area contributed by atoms with Crippen molar-refractivity contribution in [1.29, 1.82) is 0 Å². The Hall–Kier alpha value is -1.29. The number of nitrogen functional groups attached to an aromatic ring is 1. The number of likely N-dealkylation sites (tertiary alicyclic amines) is 1. The molecule has 0 unspecified atom stereocenters. The number of hydrogen-bond acceptors (Lipinski definition) is 4. The standard InChI is InChI=1S/C13H22N4/c14-12-5-6-13(16-11-12)15-7-1-2-8-17-9-3-4-10-17/h5-6,11H,1-4,7-10,14H2,(H,15,16). The average molecular weight is 234 g/mol. The number of rotatable bonds is 6. The van der Waals surface area contributed by atoms with Crippen LogP contribution in [0, 0.1) is 0 Å². The van der Waals surface area contributed by atoms with E-state index in [0.29, 0.717) is 5.69 Å². The van der Waals surface area contributed by atoms with Crippen molar-refractivity contribution in [1.82, 2.24) is 9.88 Å². The summed E-state index contributed by atoms with van der Waals surface area (Å²) in [6, 6.07) is 3.80. The Labute approximate surface area is 103 Å². The highest BCUT2D eigenvalue weighted by atomic mass is 15.1. The second kappa shape index (κ2) is 6.45. The number of nitrogens with one attached hydrogen (secondary N) is 1. The lowest BCUT2D eigenvalue weighted by Gasteiger charge is -2.14. The molecule has 0 radical (unpaired) electrons. The van der Waals surface area contributed by atoms with Crippen LogP contribution >= 0.6 is 0 Å². The van der Waals surface area contributed by atoms with Gasteiger partial charge in [-0.1, -0.05) is 0 Å². The molecular formula is C13H22N4. The molecule has 4 nitrogen and oxygen atoms in total. The molecule has 1 aromatic heterocycles. The Bertz CT molecular complexity index is 317. The number of hydrogen-bond donors (Lipinski definition) is 2. The Morgan fingerprint density at radius 1 is 1.24 bits per heavy atom. The van der Waals surface area contributed by atoms with Crippen LogP contribution in [0.4, 0.5) is 11.5 Å². The Morgan fingerprint density at radius 3 is 2.76 bits per heavy atom. The summed E-state index contributed by atoms with van der Waals surface area (Å²) in [5, 5.41) is 3.31. The van der Waals surface area contributed by atoms with E-state index in [1.807, 2.05) is 12.1 Å². The van der Waals surface area contributed by atoms with Crippen molar-refractivity contribution < 1.29 is 0 Å². The maximum Gasteiger partial charge on any atom is 0.126 e. The molecule has 2 heterocycles. The second-order valence-corrected chi connectivity index (χ2v) is 4.66. The molecule has 3 N–H and O–H groups in total. The molecule has 1 aliphatic rings. The third-order valence-corrected chi connectivity index (χ3v) is 3.19. The van der Waals surface area contributed by atoms with Gasteiger partial charge < -0.3 is 16.0 Å². The molecule has 4 heteroatoms. The zero-order valence-electron chi connectivity index (χ0n) is 10.4. The fourth-order valence-corrected chi connectivity index (χ4v) is 2.19. The van der Waals surface area contributed by atoms with E-state index in [1.165, 1.54) is 45.3 Å². The molecule has 1 saturated heterocycles. The lowest BCUT2D eigenvalue weighted by molar-refractivity contribution is 0.331. The molecule has 1 aromatic rings. The Kier molecular flexibility index (Phi) is 4.62. The number of nitrogens with zero attached hydrogens (tertiary/aromatic N) is 2. The molecule has 0 atom stereocenters. The molecule has 0 bridgehead atoms. The summed E-state index contributed by atoms with van der Waals surface area (Å²) in [4.78, 5) is 6.76. The fraction of sp³-hybridized carbons (Fsp3) is 0.615. The summed E-state index contributed by atoms with van der Waals surface area (Å²) >= 11 is 0. The van der Waals surface area contributed by atoms with E-state index >= 15 is 0 Å². The molecule has 17 heavy (non-hydrogen) atoms. The van der Waals surface area contributed by atoms with Crippen LogP contribution in [0.2, 0.25) is 0 Å². The summed E-state index contributed by atoms with van der Waals surface area (Å²) in [7, 11) is 0. The molecule has 2 rings (SSSR count). The van der Waals surface area contributed by atoms with Gasteiger partial charge in [-0.25, -0.2) is 4.98 Å². The number of pyridine rings is 1. The summed E-state index contributed by atoms with van der Waals surface area (Å²) in [5.41, 5.74) is 6.29. The van der Waals surface area contributed by atoms with Gasteiger partial charge in [0, 0.05) is 6.54 Å². The van der Waals surface area contributed by atoms with Crippen molar-refractivity contribution in [2.75, 3.05) is 37.2 Å². The Balaban J connectivity index is 1.55. The third-order valence-electron chi connectivity index (χ3n) is 3.19. The van der Waals surface area contributed by atoms with Crippen LogP contribution in [0.5, 0.6) is 0 Å². The monoisotopic (exact) mass is 234 g/mol. The van der Waals surface area contributed by atoms with Crippen LogP contribution in [-0.2, 0) is 0 Å². The van der Waals surface area contributed by atoms with Gasteiger partial charge in [-0.2, -0.15) is 0 Å². The van der Waals surface area contributed by atoms with E-state index in [2.05, 4.69) is 15.2 Å². The predicted octanol–water partition coefficient (Wildman–Crippen LogP) is 1.95. The average Bonchev–Trinajstić information content (AvgIpc) is 2.84. The van der Waals surface area contributed by atoms with Crippen molar-refractivity contribution in [3.05, 3.63) is 18.3 Å². The first-order chi connectivity index (χ1) is 8.34. The first kappa shape index (κ1) is 12.2. The molecule has 94 valence electrons. The normalized spacial score (nSPS) is 16.2. The van der Waals surface area contributed by atoms with Gasteiger partial charge in [-0.3, -0.25) is 0 Å². The molecule has 0 aromatic carbocycles. The molecule has 0 saturated carbocycles. The highest BCUT2D eigenvalue weighted by Crippen LogP contribution is 2.09. The van der Waals surface area contributed by atoms with Gasteiger partial charge in [-0.05, 0) is 57.5 Å². The van der Waals surface area contributed by atoms with Crippen molar-refractivity contribution in [2.45, 2.75) is 25.7 Å². The highest BCUT2D eigenvalue weighted by molar-refractivity contribution is 5.43. The van der Waals surface area contributed by atoms with Crippen LogP contribution in [0.15, 0.2) is 18.3 Å². The number of anilines is 2. The summed E-state index contributed by atoms with van der Waals surface area (Å²) < 4.78 is 0. The summed E-state index contributed by atoms with van der Waals surface area (Å²) in [6.45, 7) is 4.83. The van der Waals surface area contributed by atoms with Crippen LogP contribution in [0.25, 0.3) is 0 Å². The molecular weight excluding hydrogens is 212 g/mol. The van der Waals surface area contributed by atoms with Crippen molar-refractivity contribution >= 4 is 11.5 Å². The minimum atomic E-state index is 0.713. The highest BCUT2D eigenvalue weighted by Gasteiger charge is 2.09. The van der Waals surface area contributed by atoms with Crippen LogP contribution in [-0.4, -0.2) is 36.1 Å². The molecule has 1 fully saturated rings. The smallest absolute Gasteiger partial charge is 0.126 e. The zero-order valence-corrected chi connectivity index (χ0v) is 10.4. The van der Waals surface area contributed by atoms with E-state index in [-0.39, 0.29) is 0 Å². The maximum absolute atomic E-state index is 5.58. The third kappa shape index (κ3) is 4.23. The van der Waals surface area contributed by atoms with Gasteiger partial charge >= 0.3 is 0 Å². The molecule has 1 aliphatic heterocycles. The van der Waals surface area contributed by atoms with Gasteiger partial charge in [0.25, 0.3) is 0 Å². The topological polar surface area (TPSA) is 54.2 Å². The van der Waals surface area contributed by atoms with Crippen molar-refractivity contribution in [3.63, 3.8) is 0 Å². The zero-order chi connectivity index (χ0) is 11.9. The van der Waals surface area contributed by atoms with Gasteiger partial charge in [0.05, 0.1) is 11.9 Å². The lowest BCUT2D eigenvalue weighted by Crippen LogP contribution is -2.20. The number of nitrogens with two attached hydrogens (primary N) is 1. The largest absolute Gasteiger partial charge is 0.397 e. The van der Waals surface area contributed by atoms with Gasteiger partial charge in [0.1, 0.15) is 5.82 Å². The lowest BCUT2D eigenvalue weighted by atomic mass is 10.3. The van der Waals surface area contributed by atoms with E-state index in [1.54, 1.807) is 6.20 Å². The first-order valence-electron chi connectivity index (χ1n) is 6.52. The van der Waals surface area contributed by atoms with E-state index in [4.69, 9.17) is 5.73 Å². The minimum Gasteiger partial charge on any atom is -0.397 e. The molecule has 0 amide bonds. The fourth-order valence-electron chi connectivity index (χ4n) is 2.19. The predicted molar refractivity (Wildman–Crippen MR) is 72.0 cm³/mol. The van der Waals surface area contributed by atoms with Crippen LogP contribution in [0.3, 0.4) is 0 Å². The first-order valence-corrected chi connectivity index (χ1v) is 6.52. The van der Waals surface area contributed by atoms with Gasteiger partial charge in [-0.15, -0.1) is 0 Å². The number of aromatic nitrogens is 1. The minimum absolute atomic E-state index is 0.713. The Morgan fingerprint density at radius 2 is 2.06 bits per heavy atom. The van der Waals surface area contributed by atoms with E-state index in [9.17, 15) is 0 Å². The maximum atomic E-state index is 5.58.